The molecular weight excluding hydrogens is 248 g/mol. The molecule has 1 fully saturated rings. The summed E-state index contributed by atoms with van der Waals surface area (Å²) in [5, 5.41) is 5.84. The SMILES string of the molecule is Cc1cn(-c2cccc3cnccc23)c(NC2CC2)n1. The van der Waals surface area contributed by atoms with Crippen molar-refractivity contribution in [3.63, 3.8) is 0 Å². The molecule has 2 heterocycles. The topological polar surface area (TPSA) is 42.7 Å². The van der Waals surface area contributed by atoms with Gasteiger partial charge in [0, 0.05) is 35.4 Å². The second-order valence-electron chi connectivity index (χ2n) is 5.37. The van der Waals surface area contributed by atoms with Crippen molar-refractivity contribution < 1.29 is 0 Å². The molecule has 4 heteroatoms. The lowest BCUT2D eigenvalue weighted by Crippen LogP contribution is -2.07. The van der Waals surface area contributed by atoms with Crippen LogP contribution in [0.5, 0.6) is 0 Å². The van der Waals surface area contributed by atoms with Gasteiger partial charge >= 0.3 is 0 Å². The Morgan fingerprint density at radius 3 is 3.00 bits per heavy atom. The molecule has 20 heavy (non-hydrogen) atoms. The normalized spacial score (nSPS) is 14.7. The Kier molecular flexibility index (Phi) is 2.49. The summed E-state index contributed by atoms with van der Waals surface area (Å²) in [5.74, 6) is 0.939. The van der Waals surface area contributed by atoms with Crippen LogP contribution in [0.3, 0.4) is 0 Å². The monoisotopic (exact) mass is 264 g/mol. The van der Waals surface area contributed by atoms with Gasteiger partial charge < -0.3 is 5.32 Å². The van der Waals surface area contributed by atoms with Gasteiger partial charge in [0.1, 0.15) is 0 Å². The minimum Gasteiger partial charge on any atom is -0.353 e. The van der Waals surface area contributed by atoms with Gasteiger partial charge in [-0.2, -0.15) is 0 Å². The minimum absolute atomic E-state index is 0.590. The summed E-state index contributed by atoms with van der Waals surface area (Å²) in [6.45, 7) is 2.03. The van der Waals surface area contributed by atoms with Crippen LogP contribution in [0.15, 0.2) is 42.9 Å². The van der Waals surface area contributed by atoms with E-state index in [0.29, 0.717) is 6.04 Å². The standard InChI is InChI=1S/C16H16N4/c1-11-10-20(16(18-11)19-13-5-6-13)15-4-2-3-12-9-17-8-7-14(12)15/h2-4,7-10,13H,5-6H2,1H3,(H,18,19). The van der Waals surface area contributed by atoms with E-state index >= 15 is 0 Å². The van der Waals surface area contributed by atoms with Crippen molar-refractivity contribution >= 4 is 16.7 Å². The van der Waals surface area contributed by atoms with Crippen LogP contribution in [0.2, 0.25) is 0 Å². The number of pyridine rings is 1. The molecule has 4 nitrogen and oxygen atoms in total. The number of nitrogens with zero attached hydrogens (tertiary/aromatic N) is 3. The van der Waals surface area contributed by atoms with Crippen molar-refractivity contribution in [3.8, 4) is 5.69 Å². The average molecular weight is 264 g/mol. The highest BCUT2D eigenvalue weighted by molar-refractivity contribution is 5.89. The number of fused-ring (bicyclic) bond motifs is 1. The first-order chi connectivity index (χ1) is 9.81. The summed E-state index contributed by atoms with van der Waals surface area (Å²) in [5.41, 5.74) is 2.17. The molecule has 1 aliphatic rings. The number of nitrogens with one attached hydrogen (secondary N) is 1. The Balaban J connectivity index is 1.90. The number of benzene rings is 1. The number of aromatic nitrogens is 3. The highest BCUT2D eigenvalue weighted by Crippen LogP contribution is 2.28. The predicted molar refractivity (Wildman–Crippen MR) is 80.2 cm³/mol. The van der Waals surface area contributed by atoms with Crippen molar-refractivity contribution in [3.05, 3.63) is 48.5 Å². The largest absolute Gasteiger partial charge is 0.353 e. The van der Waals surface area contributed by atoms with Gasteiger partial charge in [0.15, 0.2) is 0 Å². The minimum atomic E-state index is 0.590. The third-order valence-corrected chi connectivity index (χ3v) is 3.65. The first kappa shape index (κ1) is 11.5. The van der Waals surface area contributed by atoms with E-state index in [1.807, 2.05) is 19.3 Å². The second-order valence-corrected chi connectivity index (χ2v) is 5.37. The number of aryl methyl sites for hydroxylation is 1. The maximum absolute atomic E-state index is 4.61. The summed E-state index contributed by atoms with van der Waals surface area (Å²) < 4.78 is 2.15. The van der Waals surface area contributed by atoms with E-state index in [1.165, 1.54) is 18.2 Å². The molecule has 0 radical (unpaired) electrons. The number of anilines is 1. The van der Waals surface area contributed by atoms with Gasteiger partial charge in [0.05, 0.1) is 11.4 Å². The highest BCUT2D eigenvalue weighted by atomic mass is 15.2. The Labute approximate surface area is 117 Å². The van der Waals surface area contributed by atoms with E-state index < -0.39 is 0 Å². The Morgan fingerprint density at radius 1 is 1.25 bits per heavy atom. The van der Waals surface area contributed by atoms with E-state index in [1.54, 1.807) is 0 Å². The molecule has 3 aromatic rings. The van der Waals surface area contributed by atoms with Gasteiger partial charge in [-0.05, 0) is 31.9 Å². The Bertz CT molecular complexity index is 766. The van der Waals surface area contributed by atoms with Crippen LogP contribution in [-0.4, -0.2) is 20.6 Å². The smallest absolute Gasteiger partial charge is 0.207 e. The zero-order valence-electron chi connectivity index (χ0n) is 11.4. The van der Waals surface area contributed by atoms with Gasteiger partial charge in [-0.1, -0.05) is 12.1 Å². The van der Waals surface area contributed by atoms with E-state index in [0.717, 1.165) is 22.7 Å². The van der Waals surface area contributed by atoms with E-state index in [2.05, 4.69) is 50.3 Å². The Morgan fingerprint density at radius 2 is 2.15 bits per heavy atom. The van der Waals surface area contributed by atoms with E-state index in [9.17, 15) is 0 Å². The quantitative estimate of drug-likeness (QED) is 0.789. The van der Waals surface area contributed by atoms with Crippen LogP contribution >= 0.6 is 0 Å². The maximum atomic E-state index is 4.61. The molecule has 1 saturated carbocycles. The fraction of sp³-hybridized carbons (Fsp3) is 0.250. The van der Waals surface area contributed by atoms with Crippen LogP contribution in [0, 0.1) is 6.92 Å². The number of imidazole rings is 1. The predicted octanol–water partition coefficient (Wildman–Crippen LogP) is 3.30. The van der Waals surface area contributed by atoms with Gasteiger partial charge in [-0.3, -0.25) is 9.55 Å². The highest BCUT2D eigenvalue weighted by Gasteiger charge is 2.23. The first-order valence-corrected chi connectivity index (χ1v) is 6.97. The van der Waals surface area contributed by atoms with Crippen LogP contribution in [0.4, 0.5) is 5.95 Å². The fourth-order valence-corrected chi connectivity index (χ4v) is 2.51. The lowest BCUT2D eigenvalue weighted by molar-refractivity contribution is 1.01. The molecule has 1 aromatic carbocycles. The van der Waals surface area contributed by atoms with Crippen molar-refractivity contribution in [2.45, 2.75) is 25.8 Å². The maximum Gasteiger partial charge on any atom is 0.207 e. The number of rotatable bonds is 3. The summed E-state index contributed by atoms with van der Waals surface area (Å²) in [4.78, 5) is 8.80. The molecule has 0 amide bonds. The lowest BCUT2D eigenvalue weighted by Gasteiger charge is -2.11. The second kappa shape index (κ2) is 4.34. The number of hydrogen-bond acceptors (Lipinski definition) is 3. The van der Waals surface area contributed by atoms with Crippen LogP contribution in [0.25, 0.3) is 16.5 Å². The van der Waals surface area contributed by atoms with Crippen molar-refractivity contribution in [1.82, 2.24) is 14.5 Å². The van der Waals surface area contributed by atoms with Gasteiger partial charge in [0.2, 0.25) is 5.95 Å². The molecule has 2 aromatic heterocycles. The molecule has 0 atom stereocenters. The van der Waals surface area contributed by atoms with Crippen molar-refractivity contribution in [2.75, 3.05) is 5.32 Å². The van der Waals surface area contributed by atoms with Gasteiger partial charge in [0.25, 0.3) is 0 Å². The summed E-state index contributed by atoms with van der Waals surface area (Å²) in [7, 11) is 0. The molecule has 0 unspecified atom stereocenters. The molecule has 0 aliphatic heterocycles. The van der Waals surface area contributed by atoms with E-state index in [4.69, 9.17) is 0 Å². The summed E-state index contributed by atoms with van der Waals surface area (Å²) >= 11 is 0. The molecule has 1 N–H and O–H groups in total. The molecule has 1 aliphatic carbocycles. The third kappa shape index (κ3) is 1.93. The van der Waals surface area contributed by atoms with Crippen molar-refractivity contribution in [2.24, 2.45) is 0 Å². The third-order valence-electron chi connectivity index (χ3n) is 3.65. The summed E-state index contributed by atoms with van der Waals surface area (Å²) in [6.07, 6.45) is 8.30. The lowest BCUT2D eigenvalue weighted by atomic mass is 10.1. The molecule has 100 valence electrons. The van der Waals surface area contributed by atoms with E-state index in [-0.39, 0.29) is 0 Å². The van der Waals surface area contributed by atoms with Crippen LogP contribution < -0.4 is 5.32 Å². The average Bonchev–Trinajstić information content (AvgIpc) is 3.20. The zero-order valence-corrected chi connectivity index (χ0v) is 11.4. The van der Waals surface area contributed by atoms with Crippen LogP contribution in [-0.2, 0) is 0 Å². The molecule has 4 rings (SSSR count). The van der Waals surface area contributed by atoms with Gasteiger partial charge in [-0.25, -0.2) is 4.98 Å². The zero-order chi connectivity index (χ0) is 13.5. The summed E-state index contributed by atoms with van der Waals surface area (Å²) in [6, 6.07) is 8.92. The molecule has 0 bridgehead atoms. The number of hydrogen-bond donors (Lipinski definition) is 1. The Hall–Kier alpha value is -2.36. The fourth-order valence-electron chi connectivity index (χ4n) is 2.51. The molecular formula is C16H16N4. The first-order valence-electron chi connectivity index (χ1n) is 6.97. The molecule has 0 spiro atoms. The molecule has 0 saturated heterocycles. The van der Waals surface area contributed by atoms with Gasteiger partial charge in [-0.15, -0.1) is 0 Å². The van der Waals surface area contributed by atoms with Crippen molar-refractivity contribution in [1.29, 1.82) is 0 Å². The van der Waals surface area contributed by atoms with Crippen LogP contribution in [0.1, 0.15) is 18.5 Å².